The number of benzene rings is 5. The van der Waals surface area contributed by atoms with Gasteiger partial charge in [0.05, 0.1) is 16.2 Å². The monoisotopic (exact) mass is 972 g/mol. The van der Waals surface area contributed by atoms with Crippen molar-refractivity contribution < 1.29 is 31.5 Å². The Balaban J connectivity index is 0.000000178. The van der Waals surface area contributed by atoms with E-state index in [0.717, 1.165) is 85.4 Å². The van der Waals surface area contributed by atoms with Gasteiger partial charge in [-0.25, -0.2) is 23.7 Å². The van der Waals surface area contributed by atoms with Gasteiger partial charge in [0.1, 0.15) is 40.9 Å². The minimum absolute atomic E-state index is 0.183. The van der Waals surface area contributed by atoms with Crippen molar-refractivity contribution in [2.45, 2.75) is 63.8 Å². The molecule has 0 bridgehead atoms. The number of nitrogens with zero attached hydrogens (tertiary/aromatic N) is 6. The topological polar surface area (TPSA) is 99.9 Å². The summed E-state index contributed by atoms with van der Waals surface area (Å²) in [4.78, 5) is 30.7. The lowest BCUT2D eigenvalue weighted by Gasteiger charge is -2.34. The van der Waals surface area contributed by atoms with E-state index in [4.69, 9.17) is 11.6 Å². The number of carbonyl (C=O) groups is 1. The minimum atomic E-state index is -4.68. The summed E-state index contributed by atoms with van der Waals surface area (Å²) in [6, 6.07) is 37.5. The smallest absolute Gasteiger partial charge is 0.406 e. The molecule has 0 unspecified atom stereocenters. The van der Waals surface area contributed by atoms with Crippen molar-refractivity contribution in [3.63, 3.8) is 0 Å². The van der Waals surface area contributed by atoms with Crippen LogP contribution in [0.4, 0.5) is 44.8 Å². The van der Waals surface area contributed by atoms with Gasteiger partial charge in [0, 0.05) is 67.4 Å². The maximum Gasteiger partial charge on any atom is 0.573 e. The number of imidazole rings is 1. The number of aromatic nitrogens is 4. The molecular formula is C54H50ClF5N8O2. The average molecular weight is 973 g/mol. The highest BCUT2D eigenvalue weighted by atomic mass is 35.5. The quantitative estimate of drug-likeness (QED) is 0.124. The van der Waals surface area contributed by atoms with Crippen LogP contribution in [0.15, 0.2) is 140 Å². The second kappa shape index (κ2) is 21.2. The van der Waals surface area contributed by atoms with Crippen molar-refractivity contribution >= 4 is 56.9 Å². The number of ether oxygens (including phenoxy) is 1. The number of alkyl halides is 3. The molecule has 0 saturated carbocycles. The van der Waals surface area contributed by atoms with Crippen LogP contribution in [0.3, 0.4) is 0 Å². The zero-order valence-electron chi connectivity index (χ0n) is 38.3. The van der Waals surface area contributed by atoms with Crippen molar-refractivity contribution in [3.05, 3.63) is 185 Å². The van der Waals surface area contributed by atoms with Crippen molar-refractivity contribution in [1.29, 1.82) is 0 Å². The van der Waals surface area contributed by atoms with E-state index >= 15 is 0 Å². The summed E-state index contributed by atoms with van der Waals surface area (Å²) < 4.78 is 69.5. The number of piperidine rings is 2. The highest BCUT2D eigenvalue weighted by Gasteiger charge is 2.31. The summed E-state index contributed by atoms with van der Waals surface area (Å²) in [5.74, 6) is 0.519. The van der Waals surface area contributed by atoms with Crippen LogP contribution in [0.1, 0.15) is 77.3 Å². The van der Waals surface area contributed by atoms with Gasteiger partial charge < -0.3 is 25.2 Å². The van der Waals surface area contributed by atoms with E-state index in [1.807, 2.05) is 43.3 Å². The Bertz CT molecular complexity index is 3050. The van der Waals surface area contributed by atoms with Gasteiger partial charge in [0.15, 0.2) is 0 Å². The van der Waals surface area contributed by atoms with Crippen molar-refractivity contribution in [3.8, 4) is 5.75 Å². The molecule has 16 heteroatoms. The number of rotatable bonds is 11. The molecule has 5 heterocycles. The fourth-order valence-corrected chi connectivity index (χ4v) is 9.45. The molecule has 2 saturated heterocycles. The molecule has 3 aromatic heterocycles. The first-order chi connectivity index (χ1) is 33.8. The summed E-state index contributed by atoms with van der Waals surface area (Å²) in [6.45, 7) is 5.97. The van der Waals surface area contributed by atoms with Crippen LogP contribution < -0.4 is 25.2 Å². The lowest BCUT2D eigenvalue weighted by molar-refractivity contribution is -0.274. The molecule has 70 heavy (non-hydrogen) atoms. The summed E-state index contributed by atoms with van der Waals surface area (Å²) >= 11 is 6.14. The van der Waals surface area contributed by atoms with E-state index in [1.165, 1.54) is 41.8 Å². The Morgan fingerprint density at radius 3 is 1.91 bits per heavy atom. The largest absolute Gasteiger partial charge is 0.573 e. The Kier molecular flexibility index (Phi) is 14.5. The molecule has 2 fully saturated rings. The average Bonchev–Trinajstić information content (AvgIpc) is 3.74. The number of halogens is 6. The third-order valence-electron chi connectivity index (χ3n) is 13.0. The predicted molar refractivity (Wildman–Crippen MR) is 264 cm³/mol. The van der Waals surface area contributed by atoms with Gasteiger partial charge in [-0.1, -0.05) is 54.9 Å². The molecule has 1 amide bonds. The van der Waals surface area contributed by atoms with Crippen LogP contribution in [0.5, 0.6) is 5.75 Å². The van der Waals surface area contributed by atoms with Gasteiger partial charge >= 0.3 is 6.36 Å². The lowest BCUT2D eigenvalue weighted by Crippen LogP contribution is -2.32. The predicted octanol–water partition coefficient (Wildman–Crippen LogP) is 12.8. The van der Waals surface area contributed by atoms with Gasteiger partial charge in [0.25, 0.3) is 5.91 Å². The zero-order valence-corrected chi connectivity index (χ0v) is 39.0. The molecule has 2 N–H and O–H groups in total. The second-order valence-corrected chi connectivity index (χ2v) is 17.9. The first kappa shape index (κ1) is 47.8. The maximum atomic E-state index is 13.5. The molecule has 0 radical (unpaired) electrons. The van der Waals surface area contributed by atoms with Gasteiger partial charge in [-0.05, 0) is 146 Å². The zero-order chi connectivity index (χ0) is 48.8. The molecule has 0 atom stereocenters. The normalized spacial score (nSPS) is 14.6. The number of hydrogen-bond donors (Lipinski definition) is 2. The molecule has 8 aromatic rings. The van der Waals surface area contributed by atoms with Crippen LogP contribution >= 0.6 is 11.6 Å². The van der Waals surface area contributed by atoms with Gasteiger partial charge in [-0.15, -0.1) is 13.2 Å². The fourth-order valence-electron chi connectivity index (χ4n) is 9.29. The maximum absolute atomic E-state index is 13.5. The molecule has 5 aromatic carbocycles. The molecule has 2 aliphatic heterocycles. The van der Waals surface area contributed by atoms with E-state index in [1.54, 1.807) is 53.1 Å². The summed E-state index contributed by atoms with van der Waals surface area (Å²) in [5, 5.41) is 7.61. The van der Waals surface area contributed by atoms with E-state index in [-0.39, 0.29) is 29.2 Å². The molecule has 2 aliphatic rings. The number of amides is 1. The lowest BCUT2D eigenvalue weighted by atomic mass is 9.89. The Hall–Kier alpha value is -7.26. The second-order valence-electron chi connectivity index (χ2n) is 17.4. The van der Waals surface area contributed by atoms with Crippen molar-refractivity contribution in [2.24, 2.45) is 0 Å². The highest BCUT2D eigenvalue weighted by Crippen LogP contribution is 2.34. The van der Waals surface area contributed by atoms with Crippen LogP contribution in [-0.2, 0) is 13.0 Å². The minimum Gasteiger partial charge on any atom is -0.406 e. The van der Waals surface area contributed by atoms with Crippen molar-refractivity contribution in [1.82, 2.24) is 24.7 Å². The molecule has 0 aliphatic carbocycles. The van der Waals surface area contributed by atoms with Crippen LogP contribution in [0.25, 0.3) is 16.6 Å². The van der Waals surface area contributed by atoms with Gasteiger partial charge in [-0.2, -0.15) is 0 Å². The number of hydrogen-bond acceptors (Lipinski definition) is 8. The van der Waals surface area contributed by atoms with Crippen LogP contribution in [0, 0.1) is 11.6 Å². The first-order valence-corrected chi connectivity index (χ1v) is 23.7. The van der Waals surface area contributed by atoms with Crippen LogP contribution in [0.2, 0.25) is 5.02 Å². The Labute approximate surface area is 407 Å². The Morgan fingerprint density at radius 1 is 0.729 bits per heavy atom. The molecule has 10 rings (SSSR count). The molecular weight excluding hydrogens is 923 g/mol. The summed E-state index contributed by atoms with van der Waals surface area (Å²) in [5.41, 5.74) is 8.88. The molecule has 0 spiro atoms. The first-order valence-electron chi connectivity index (χ1n) is 23.3. The van der Waals surface area contributed by atoms with E-state index in [2.05, 4.69) is 64.4 Å². The highest BCUT2D eigenvalue weighted by molar-refractivity contribution is 6.30. The SMILES string of the molecule is CCc1nc2ccc(Cl)cn2c1C(=O)NCc1ccc(N2CCC(c3ccc(OC(F)(F)F)cc3)CC2)cc1.Fc1ccc(C2CCN(c3ccc(Nc4ncnc5cc(F)ccc45)cc3)CC2)cc1. The van der Waals surface area contributed by atoms with E-state index in [9.17, 15) is 26.7 Å². The van der Waals surface area contributed by atoms with Crippen molar-refractivity contribution in [2.75, 3.05) is 41.3 Å². The summed E-state index contributed by atoms with van der Waals surface area (Å²) in [6.07, 6.45) is 2.99. The third-order valence-corrected chi connectivity index (χ3v) is 13.2. The number of fused-ring (bicyclic) bond motifs is 2. The summed E-state index contributed by atoms with van der Waals surface area (Å²) in [7, 11) is 0. The number of pyridine rings is 1. The fraction of sp³-hybridized carbons (Fsp3) is 0.259. The number of aryl methyl sites for hydroxylation is 1. The van der Waals surface area contributed by atoms with Crippen LogP contribution in [-0.4, -0.2) is 57.8 Å². The van der Waals surface area contributed by atoms with Gasteiger partial charge in [-0.3, -0.25) is 9.20 Å². The van der Waals surface area contributed by atoms with E-state index < -0.39 is 6.36 Å². The number of anilines is 4. The van der Waals surface area contributed by atoms with Gasteiger partial charge in [0.2, 0.25) is 0 Å². The molecule has 10 nitrogen and oxygen atoms in total. The standard InChI is InChI=1S/C29H28ClF3N4O2.C25H22F2N4/c1-2-25-27(37-18-22(30)7-12-26(37)35-25)28(38)34-17-19-3-8-23(9-4-19)36-15-13-21(14-16-36)20-5-10-24(11-6-20)39-29(31,32)33;26-19-3-1-17(2-4-19)18-11-13-31(14-12-18)22-8-6-21(7-9-22)30-25-23-10-5-20(27)15-24(23)28-16-29-25/h3-12,18,21H,2,13-17H2,1H3,(H,34,38);1-10,15-16,18H,11-14H2,(H,28,29,30). The third kappa shape index (κ3) is 11.6. The van der Waals surface area contributed by atoms with E-state index in [0.29, 0.717) is 46.6 Å². The number of carbonyl (C=O) groups excluding carboxylic acids is 1. The molecule has 360 valence electrons. The Morgan fingerprint density at radius 2 is 1.31 bits per heavy atom. The number of nitrogens with one attached hydrogen (secondary N) is 2.